The van der Waals surface area contributed by atoms with Crippen molar-refractivity contribution in [2.75, 3.05) is 24.3 Å². The molecule has 0 radical (unpaired) electrons. The van der Waals surface area contributed by atoms with E-state index in [2.05, 4.69) is 30.4 Å². The van der Waals surface area contributed by atoms with Crippen molar-refractivity contribution in [1.82, 2.24) is 29.7 Å². The van der Waals surface area contributed by atoms with Crippen LogP contribution in [0.3, 0.4) is 0 Å². The molecule has 4 rings (SSSR count). The minimum Gasteiger partial charge on any atom is -0.485 e. The van der Waals surface area contributed by atoms with E-state index in [1.54, 1.807) is 54.6 Å². The quantitative estimate of drug-likeness (QED) is 0.270. The summed E-state index contributed by atoms with van der Waals surface area (Å²) < 4.78 is 38.3. The van der Waals surface area contributed by atoms with Gasteiger partial charge >= 0.3 is 0 Å². The molecule has 13 heteroatoms. The summed E-state index contributed by atoms with van der Waals surface area (Å²) in [5.41, 5.74) is 7.98. The van der Waals surface area contributed by atoms with Crippen molar-refractivity contribution < 1.29 is 18.3 Å². The minimum atomic E-state index is -2.61. The first-order valence-electron chi connectivity index (χ1n) is 11.3. The molecule has 0 aliphatic heterocycles. The summed E-state index contributed by atoms with van der Waals surface area (Å²) in [5, 5.41) is 7.89. The summed E-state index contributed by atoms with van der Waals surface area (Å²) >= 11 is 6.15. The molecule has 194 valence electrons. The molecule has 0 spiro atoms. The topological polar surface area (TPSA) is 126 Å². The Hall–Kier alpha value is -4.06. The Kier molecular flexibility index (Phi) is 8.29. The Morgan fingerprint density at radius 1 is 1.11 bits per heavy atom. The lowest BCUT2D eigenvalue weighted by atomic mass is 10.1. The monoisotopic (exact) mass is 530 g/mol. The molecule has 0 amide bonds. The standard InChI is InChI=1S/C24H25ClF2N8O2/c1-14(6-9-36-24-16(12-32-35(24)2)23-30-8-5-21(28)34-23)33-17-10-19(25)31-11-15(17)22-18(4-3-7-29-22)37-13-20(26)27/h3-5,7-8,10-12,14,20H,6,9,13H2,1-2H3,(H,31,33)(H2,28,30,34)/t14-/m0/s1. The van der Waals surface area contributed by atoms with Crippen LogP contribution in [0.1, 0.15) is 13.3 Å². The maximum atomic E-state index is 12.7. The van der Waals surface area contributed by atoms with Crippen LogP contribution in [0.15, 0.2) is 49.1 Å². The van der Waals surface area contributed by atoms with Gasteiger partial charge in [-0.2, -0.15) is 5.10 Å². The number of nitrogens with two attached hydrogens (primary N) is 1. The molecule has 0 bridgehead atoms. The van der Waals surface area contributed by atoms with Gasteiger partial charge in [-0.3, -0.25) is 4.98 Å². The van der Waals surface area contributed by atoms with Crippen LogP contribution < -0.4 is 20.5 Å². The summed E-state index contributed by atoms with van der Waals surface area (Å²) in [6.45, 7) is 1.58. The third kappa shape index (κ3) is 6.58. The van der Waals surface area contributed by atoms with Gasteiger partial charge in [0.1, 0.15) is 34.6 Å². The summed E-state index contributed by atoms with van der Waals surface area (Å²) in [4.78, 5) is 16.9. The Bertz CT molecular complexity index is 1350. The van der Waals surface area contributed by atoms with Crippen LogP contribution in [0.5, 0.6) is 11.6 Å². The number of aryl methyl sites for hydroxylation is 1. The SMILES string of the molecule is C[C@@H](CCOc1c(-c2nccc(N)n2)cnn1C)Nc1cc(Cl)ncc1-c1ncccc1OCC(F)F. The largest absolute Gasteiger partial charge is 0.485 e. The zero-order chi connectivity index (χ0) is 26.4. The number of hydrogen-bond acceptors (Lipinski definition) is 9. The molecule has 0 fully saturated rings. The van der Waals surface area contributed by atoms with E-state index in [9.17, 15) is 8.78 Å². The molecule has 0 saturated heterocycles. The van der Waals surface area contributed by atoms with Gasteiger partial charge in [-0.15, -0.1) is 0 Å². The second-order valence-corrected chi connectivity index (χ2v) is 8.47. The maximum absolute atomic E-state index is 12.7. The smallest absolute Gasteiger partial charge is 0.272 e. The van der Waals surface area contributed by atoms with E-state index in [-0.39, 0.29) is 16.9 Å². The Balaban J connectivity index is 1.46. The van der Waals surface area contributed by atoms with Crippen LogP contribution in [0.25, 0.3) is 22.6 Å². The van der Waals surface area contributed by atoms with Crippen LogP contribution in [0.2, 0.25) is 5.15 Å². The van der Waals surface area contributed by atoms with Gasteiger partial charge in [0.25, 0.3) is 6.43 Å². The van der Waals surface area contributed by atoms with E-state index in [1.165, 1.54) is 6.20 Å². The molecule has 0 aromatic carbocycles. The average molecular weight is 531 g/mol. The van der Waals surface area contributed by atoms with Gasteiger partial charge in [0.15, 0.2) is 5.82 Å². The molecule has 4 aromatic heterocycles. The fourth-order valence-corrected chi connectivity index (χ4v) is 3.68. The summed E-state index contributed by atoms with van der Waals surface area (Å²) in [7, 11) is 1.76. The third-order valence-electron chi connectivity index (χ3n) is 5.26. The van der Waals surface area contributed by atoms with Crippen LogP contribution in [-0.2, 0) is 7.05 Å². The van der Waals surface area contributed by atoms with Gasteiger partial charge in [-0.25, -0.2) is 28.4 Å². The Labute approximate surface area is 216 Å². The number of aromatic nitrogens is 6. The van der Waals surface area contributed by atoms with Crippen molar-refractivity contribution in [1.29, 1.82) is 0 Å². The molecule has 0 saturated carbocycles. The molecule has 0 unspecified atom stereocenters. The first kappa shape index (κ1) is 26.0. The predicted octanol–water partition coefficient (Wildman–Crippen LogP) is 4.48. The summed E-state index contributed by atoms with van der Waals surface area (Å²) in [6.07, 6.45) is 4.26. The van der Waals surface area contributed by atoms with E-state index in [0.717, 1.165) is 0 Å². The fourth-order valence-electron chi connectivity index (χ4n) is 3.52. The van der Waals surface area contributed by atoms with Gasteiger partial charge in [0.2, 0.25) is 5.88 Å². The van der Waals surface area contributed by atoms with Crippen molar-refractivity contribution in [2.24, 2.45) is 7.05 Å². The number of anilines is 2. The zero-order valence-corrected chi connectivity index (χ0v) is 20.9. The number of rotatable bonds is 11. The van der Waals surface area contributed by atoms with Crippen molar-refractivity contribution in [3.8, 4) is 34.3 Å². The second-order valence-electron chi connectivity index (χ2n) is 8.08. The van der Waals surface area contributed by atoms with E-state index >= 15 is 0 Å². The number of hydrogen-bond donors (Lipinski definition) is 2. The van der Waals surface area contributed by atoms with Crippen LogP contribution in [-0.4, -0.2) is 55.4 Å². The van der Waals surface area contributed by atoms with Gasteiger partial charge < -0.3 is 20.5 Å². The van der Waals surface area contributed by atoms with Crippen molar-refractivity contribution in [3.63, 3.8) is 0 Å². The summed E-state index contributed by atoms with van der Waals surface area (Å²) in [5.74, 6) is 1.50. The first-order chi connectivity index (χ1) is 17.8. The Morgan fingerprint density at radius 3 is 2.73 bits per heavy atom. The van der Waals surface area contributed by atoms with Crippen LogP contribution in [0, 0.1) is 0 Å². The molecule has 4 aromatic rings. The maximum Gasteiger partial charge on any atom is 0.272 e. The molecular formula is C24H25ClF2N8O2. The Morgan fingerprint density at radius 2 is 1.95 bits per heavy atom. The third-order valence-corrected chi connectivity index (χ3v) is 5.46. The number of ether oxygens (including phenoxy) is 2. The lowest BCUT2D eigenvalue weighted by Gasteiger charge is -2.19. The van der Waals surface area contributed by atoms with Crippen molar-refractivity contribution in [3.05, 3.63) is 54.2 Å². The average Bonchev–Trinajstić information content (AvgIpc) is 3.23. The van der Waals surface area contributed by atoms with Gasteiger partial charge in [-0.1, -0.05) is 11.6 Å². The van der Waals surface area contributed by atoms with Crippen LogP contribution in [0.4, 0.5) is 20.3 Å². The van der Waals surface area contributed by atoms with Crippen LogP contribution >= 0.6 is 11.6 Å². The highest BCUT2D eigenvalue weighted by Crippen LogP contribution is 2.35. The van der Waals surface area contributed by atoms with Crippen molar-refractivity contribution in [2.45, 2.75) is 25.8 Å². The number of alkyl halides is 2. The van der Waals surface area contributed by atoms with Gasteiger partial charge in [-0.05, 0) is 31.2 Å². The lowest BCUT2D eigenvalue weighted by Crippen LogP contribution is -2.19. The number of halogens is 3. The number of nitrogen functional groups attached to an aromatic ring is 1. The summed E-state index contributed by atoms with van der Waals surface area (Å²) in [6, 6.07) is 6.37. The van der Waals surface area contributed by atoms with E-state index in [1.807, 2.05) is 6.92 Å². The highest BCUT2D eigenvalue weighted by molar-refractivity contribution is 6.29. The van der Waals surface area contributed by atoms with Gasteiger partial charge in [0.05, 0.1) is 12.8 Å². The van der Waals surface area contributed by atoms with Gasteiger partial charge in [0, 0.05) is 49.4 Å². The molecular weight excluding hydrogens is 506 g/mol. The molecule has 1 atom stereocenters. The fraction of sp³-hybridized carbons (Fsp3) is 0.292. The van der Waals surface area contributed by atoms with Crippen molar-refractivity contribution >= 4 is 23.1 Å². The molecule has 37 heavy (non-hydrogen) atoms. The molecule has 3 N–H and O–H groups in total. The first-order valence-corrected chi connectivity index (χ1v) is 11.7. The highest BCUT2D eigenvalue weighted by Gasteiger charge is 2.18. The zero-order valence-electron chi connectivity index (χ0n) is 20.1. The molecule has 0 aliphatic carbocycles. The second kappa shape index (κ2) is 11.8. The number of nitrogens with one attached hydrogen (secondary N) is 1. The molecule has 0 aliphatic rings. The van der Waals surface area contributed by atoms with E-state index in [4.69, 9.17) is 26.8 Å². The lowest BCUT2D eigenvalue weighted by molar-refractivity contribution is 0.0820. The highest BCUT2D eigenvalue weighted by atomic mass is 35.5. The normalized spacial score (nSPS) is 11.9. The number of nitrogens with zero attached hydrogens (tertiary/aromatic N) is 6. The number of pyridine rings is 2. The molecule has 4 heterocycles. The minimum absolute atomic E-state index is 0.0772. The predicted molar refractivity (Wildman–Crippen MR) is 136 cm³/mol. The molecule has 10 nitrogen and oxygen atoms in total. The van der Waals surface area contributed by atoms with E-state index < -0.39 is 13.0 Å². The van der Waals surface area contributed by atoms with E-state index in [0.29, 0.717) is 53.1 Å².